The molecule has 206 valence electrons. The van der Waals surface area contributed by atoms with E-state index in [1.165, 1.54) is 19.2 Å². The molecule has 2 atom stereocenters. The first-order valence-electron chi connectivity index (χ1n) is 12.7. The van der Waals surface area contributed by atoms with Crippen LogP contribution < -0.4 is 10.1 Å². The number of ether oxygens (including phenoxy) is 1. The number of likely N-dealkylation sites (tertiary alicyclic amines) is 2. The Morgan fingerprint density at radius 2 is 2.08 bits per heavy atom. The molecule has 2 saturated heterocycles. The number of aliphatic hydroxyl groups is 1. The van der Waals surface area contributed by atoms with Gasteiger partial charge in [-0.05, 0) is 38.2 Å². The van der Waals surface area contributed by atoms with Crippen LogP contribution in [0.2, 0.25) is 0 Å². The topological polar surface area (TPSA) is 124 Å². The highest BCUT2D eigenvalue weighted by atomic mass is 19.3. The Morgan fingerprint density at radius 1 is 1.29 bits per heavy atom. The molecule has 13 heteroatoms. The van der Waals surface area contributed by atoms with E-state index in [2.05, 4.69) is 20.5 Å². The van der Waals surface area contributed by atoms with Crippen LogP contribution in [0.15, 0.2) is 18.3 Å². The molecule has 3 N–H and O–H groups in total. The number of hydrogen-bond acceptors (Lipinski definition) is 7. The number of alkyl halides is 2. The van der Waals surface area contributed by atoms with Crippen LogP contribution in [-0.2, 0) is 4.79 Å². The van der Waals surface area contributed by atoms with Crippen LogP contribution in [0.3, 0.4) is 0 Å². The van der Waals surface area contributed by atoms with E-state index in [0.717, 1.165) is 19.0 Å². The van der Waals surface area contributed by atoms with Gasteiger partial charge in [0.1, 0.15) is 12.3 Å². The molecule has 0 radical (unpaired) electrons. The normalized spacial score (nSPS) is 23.0. The van der Waals surface area contributed by atoms with Crippen molar-refractivity contribution >= 4 is 11.8 Å². The second-order valence-corrected chi connectivity index (χ2v) is 10.5. The van der Waals surface area contributed by atoms with Crippen molar-refractivity contribution in [1.82, 2.24) is 30.3 Å². The van der Waals surface area contributed by atoms with Crippen molar-refractivity contribution in [1.29, 1.82) is 0 Å². The number of aliphatic hydroxyl groups excluding tert-OH is 1. The van der Waals surface area contributed by atoms with Crippen LogP contribution in [0.4, 0.5) is 13.2 Å². The number of halogens is 3. The molecule has 1 saturated carbocycles. The highest BCUT2D eigenvalue weighted by Gasteiger charge is 2.54. The summed E-state index contributed by atoms with van der Waals surface area (Å²) < 4.78 is 46.4. The molecule has 0 aromatic carbocycles. The Morgan fingerprint density at radius 3 is 2.79 bits per heavy atom. The molecule has 4 heterocycles. The molecular weight excluding hydrogens is 505 g/mol. The summed E-state index contributed by atoms with van der Waals surface area (Å²) in [6, 6.07) is 2.69. The summed E-state index contributed by atoms with van der Waals surface area (Å²) in [5, 5.41) is 18.6. The number of nitrogens with zero attached hydrogens (tertiary/aromatic N) is 4. The fourth-order valence-electron chi connectivity index (χ4n) is 5.58. The number of nitrogens with one attached hydrogen (secondary N) is 2. The smallest absolute Gasteiger partial charge is 0.283 e. The Hall–Kier alpha value is -3.19. The van der Waals surface area contributed by atoms with Crippen LogP contribution in [0.25, 0.3) is 11.3 Å². The van der Waals surface area contributed by atoms with Crippen molar-refractivity contribution in [3.8, 4) is 17.1 Å². The van der Waals surface area contributed by atoms with E-state index in [1.54, 1.807) is 9.80 Å². The van der Waals surface area contributed by atoms with Crippen molar-refractivity contribution in [2.75, 3.05) is 39.9 Å². The zero-order valence-corrected chi connectivity index (χ0v) is 21.1. The maximum atomic E-state index is 14.3. The predicted octanol–water partition coefficient (Wildman–Crippen LogP) is 1.82. The van der Waals surface area contributed by atoms with Crippen LogP contribution in [0.5, 0.6) is 5.88 Å². The minimum absolute atomic E-state index is 0.116. The standard InChI is InChI=1S/C25H31F3N6O4/c1-38-21-8-17(18(26)11-29-21)19-9-20(32-31-19)23(37)34-7-2-15(10-24(34)4-5-24)22(36)30-16-3-6-33(12-16)13-25(27,28)14-35/h8-9,11,15-16,35H,2-7,10,12-14H2,1H3,(H,30,36)(H,31,32)/t15-,16-/m0/s1. The number of hydrogen-bond donors (Lipinski definition) is 3. The third-order valence-corrected chi connectivity index (χ3v) is 7.77. The molecular formula is C25H31F3N6O4. The largest absolute Gasteiger partial charge is 0.481 e. The summed E-state index contributed by atoms with van der Waals surface area (Å²) in [6.07, 6.45) is 4.19. The van der Waals surface area contributed by atoms with E-state index in [0.29, 0.717) is 38.9 Å². The number of pyridine rings is 1. The average Bonchev–Trinajstić information content (AvgIpc) is 3.28. The zero-order valence-electron chi connectivity index (χ0n) is 21.1. The van der Waals surface area contributed by atoms with Crippen molar-refractivity contribution in [3.63, 3.8) is 0 Å². The maximum absolute atomic E-state index is 14.3. The number of aromatic nitrogens is 3. The summed E-state index contributed by atoms with van der Waals surface area (Å²) in [5.41, 5.74) is 0.246. The van der Waals surface area contributed by atoms with Crippen LogP contribution in [-0.4, -0.2) is 99.3 Å². The monoisotopic (exact) mass is 536 g/mol. The number of rotatable bonds is 8. The molecule has 38 heavy (non-hydrogen) atoms. The lowest BCUT2D eigenvalue weighted by atomic mass is 9.87. The van der Waals surface area contributed by atoms with Crippen LogP contribution in [0.1, 0.15) is 42.6 Å². The Balaban J connectivity index is 1.19. The van der Waals surface area contributed by atoms with Crippen LogP contribution in [0, 0.1) is 11.7 Å². The van der Waals surface area contributed by atoms with E-state index >= 15 is 0 Å². The van der Waals surface area contributed by atoms with E-state index in [4.69, 9.17) is 9.84 Å². The van der Waals surface area contributed by atoms with E-state index in [-0.39, 0.29) is 46.6 Å². The molecule has 10 nitrogen and oxygen atoms in total. The number of piperidine rings is 1. The van der Waals surface area contributed by atoms with Crippen molar-refractivity contribution < 1.29 is 32.6 Å². The molecule has 1 spiro atoms. The molecule has 2 aliphatic heterocycles. The number of methoxy groups -OCH3 is 1. The van der Waals surface area contributed by atoms with Crippen molar-refractivity contribution in [3.05, 3.63) is 29.8 Å². The van der Waals surface area contributed by atoms with Gasteiger partial charge < -0.3 is 20.1 Å². The van der Waals surface area contributed by atoms with Crippen LogP contribution >= 0.6 is 0 Å². The third-order valence-electron chi connectivity index (χ3n) is 7.77. The number of carbonyl (C=O) groups excluding carboxylic acids is 2. The summed E-state index contributed by atoms with van der Waals surface area (Å²) in [5.74, 6) is -4.17. The van der Waals surface area contributed by atoms with Crippen molar-refractivity contribution in [2.45, 2.75) is 49.6 Å². The van der Waals surface area contributed by atoms with E-state index in [1.807, 2.05) is 0 Å². The van der Waals surface area contributed by atoms with E-state index < -0.39 is 30.4 Å². The zero-order chi connectivity index (χ0) is 27.1. The molecule has 5 rings (SSSR count). The second kappa shape index (κ2) is 10.2. The first-order chi connectivity index (χ1) is 18.1. The fourth-order valence-corrected chi connectivity index (χ4v) is 5.58. The summed E-state index contributed by atoms with van der Waals surface area (Å²) in [7, 11) is 1.42. The van der Waals surface area contributed by atoms with Gasteiger partial charge in [-0.15, -0.1) is 0 Å². The third kappa shape index (κ3) is 5.35. The minimum atomic E-state index is -3.16. The van der Waals surface area contributed by atoms with Gasteiger partial charge >= 0.3 is 0 Å². The lowest BCUT2D eigenvalue weighted by Gasteiger charge is -2.39. The fraction of sp³-hybridized carbons (Fsp3) is 0.600. The minimum Gasteiger partial charge on any atom is -0.481 e. The number of carbonyl (C=O) groups is 2. The molecule has 3 aliphatic rings. The molecule has 3 fully saturated rings. The number of H-pyrrole nitrogens is 1. The summed E-state index contributed by atoms with van der Waals surface area (Å²) in [4.78, 5) is 33.5. The molecule has 0 unspecified atom stereocenters. The van der Waals surface area contributed by atoms with Gasteiger partial charge in [0, 0.05) is 48.8 Å². The summed E-state index contributed by atoms with van der Waals surface area (Å²) >= 11 is 0. The lowest BCUT2D eigenvalue weighted by Crippen LogP contribution is -2.52. The van der Waals surface area contributed by atoms with Gasteiger partial charge in [-0.1, -0.05) is 0 Å². The lowest BCUT2D eigenvalue weighted by molar-refractivity contribution is -0.127. The SMILES string of the molecule is COc1cc(-c2cc(C(=O)N3CC[C@H](C(=O)N[C@H]4CCN(CC(F)(F)CO)C4)CC34CC4)[nH]n2)c(F)cn1. The quantitative estimate of drug-likeness (QED) is 0.470. The molecule has 2 amide bonds. The Bertz CT molecular complexity index is 1200. The molecule has 1 aliphatic carbocycles. The maximum Gasteiger partial charge on any atom is 0.283 e. The van der Waals surface area contributed by atoms with Gasteiger partial charge in [-0.2, -0.15) is 5.10 Å². The van der Waals surface area contributed by atoms with Gasteiger partial charge in [0.2, 0.25) is 11.8 Å². The van der Waals surface area contributed by atoms with Gasteiger partial charge in [0.15, 0.2) is 5.82 Å². The highest BCUT2D eigenvalue weighted by molar-refractivity contribution is 5.94. The first kappa shape index (κ1) is 26.4. The molecule has 0 bridgehead atoms. The summed E-state index contributed by atoms with van der Waals surface area (Å²) in [6.45, 7) is -0.594. The molecule has 2 aromatic rings. The first-order valence-corrected chi connectivity index (χ1v) is 12.7. The predicted molar refractivity (Wildman–Crippen MR) is 129 cm³/mol. The second-order valence-electron chi connectivity index (χ2n) is 10.5. The van der Waals surface area contributed by atoms with Gasteiger partial charge in [-0.25, -0.2) is 18.2 Å². The Labute approximate surface area is 217 Å². The molecule has 2 aromatic heterocycles. The van der Waals surface area contributed by atoms with Gasteiger partial charge in [0.05, 0.1) is 25.5 Å². The highest BCUT2D eigenvalue weighted by Crippen LogP contribution is 2.50. The number of aromatic amines is 1. The van der Waals surface area contributed by atoms with Gasteiger partial charge in [0.25, 0.3) is 11.8 Å². The number of amides is 2. The average molecular weight is 537 g/mol. The Kier molecular flexibility index (Phi) is 7.07. The van der Waals surface area contributed by atoms with Gasteiger partial charge in [-0.3, -0.25) is 19.6 Å². The van der Waals surface area contributed by atoms with E-state index in [9.17, 15) is 22.8 Å². The van der Waals surface area contributed by atoms with Crippen molar-refractivity contribution in [2.24, 2.45) is 5.92 Å².